The lowest BCUT2D eigenvalue weighted by molar-refractivity contribution is 0.382. The highest BCUT2D eigenvalue weighted by Gasteiger charge is 2.21. The van der Waals surface area contributed by atoms with Gasteiger partial charge in [-0.05, 0) is 53.3 Å². The van der Waals surface area contributed by atoms with Crippen molar-refractivity contribution in [3.8, 4) is 11.8 Å². The van der Waals surface area contributed by atoms with Gasteiger partial charge < -0.3 is 10.2 Å². The van der Waals surface area contributed by atoms with Gasteiger partial charge in [0, 0.05) is 44.4 Å². The van der Waals surface area contributed by atoms with Gasteiger partial charge in [0.25, 0.3) is 11.1 Å². The molecular weight excluding hydrogens is 492 g/mol. The van der Waals surface area contributed by atoms with E-state index >= 15 is 0 Å². The Kier molecular flexibility index (Phi) is 6.17. The molecule has 0 aliphatic heterocycles. The molecule has 1 unspecified atom stereocenters. The highest BCUT2D eigenvalue weighted by atomic mass is 32.1. The third kappa shape index (κ3) is 3.95. The Labute approximate surface area is 223 Å². The number of nitrogens with two attached hydrogens (primary N) is 1. The molecule has 0 amide bonds. The van der Waals surface area contributed by atoms with Crippen LogP contribution in [0.15, 0.2) is 68.6 Å². The topological polar surface area (TPSA) is 78.2 Å². The van der Waals surface area contributed by atoms with Crippen molar-refractivity contribution >= 4 is 58.9 Å². The smallest absolute Gasteiger partial charge is 0.261 e. The molecule has 190 valence electrons. The van der Waals surface area contributed by atoms with E-state index in [1.165, 1.54) is 4.57 Å². The monoisotopic (exact) mass is 520 g/mol. The van der Waals surface area contributed by atoms with Crippen molar-refractivity contribution in [1.82, 2.24) is 4.57 Å². The van der Waals surface area contributed by atoms with Crippen LogP contribution in [-0.4, -0.2) is 4.57 Å². The van der Waals surface area contributed by atoms with E-state index in [9.17, 15) is 9.59 Å². The van der Waals surface area contributed by atoms with Crippen molar-refractivity contribution in [3.63, 3.8) is 0 Å². The number of rotatable bonds is 6. The zero-order valence-electron chi connectivity index (χ0n) is 21.5. The lowest BCUT2D eigenvalue weighted by atomic mass is 9.94. The third-order valence-corrected chi connectivity index (χ3v) is 8.71. The molecule has 0 bridgehead atoms. The molecule has 0 saturated heterocycles. The Bertz CT molecular complexity index is 2000. The highest BCUT2D eigenvalue weighted by Crippen LogP contribution is 2.41. The van der Waals surface area contributed by atoms with Crippen LogP contribution in [0.25, 0.3) is 41.7 Å². The molecule has 5 nitrogen and oxygen atoms in total. The van der Waals surface area contributed by atoms with Crippen LogP contribution >= 0.6 is 11.3 Å². The summed E-state index contributed by atoms with van der Waals surface area (Å²) in [4.78, 5) is 27.7. The fourth-order valence-corrected chi connectivity index (χ4v) is 6.66. The minimum Gasteiger partial charge on any atom is -0.433 e. The van der Waals surface area contributed by atoms with E-state index in [0.717, 1.165) is 62.2 Å². The maximum atomic E-state index is 14.0. The van der Waals surface area contributed by atoms with Crippen molar-refractivity contribution in [1.29, 1.82) is 0 Å². The number of furan rings is 1. The van der Waals surface area contributed by atoms with E-state index in [-0.39, 0.29) is 17.0 Å². The molecule has 6 heteroatoms. The van der Waals surface area contributed by atoms with Crippen molar-refractivity contribution in [3.05, 3.63) is 86.6 Å². The fourth-order valence-electron chi connectivity index (χ4n) is 5.47. The quantitative estimate of drug-likeness (QED) is 0.144. The van der Waals surface area contributed by atoms with E-state index in [0.29, 0.717) is 29.0 Å². The number of aromatic nitrogens is 1. The van der Waals surface area contributed by atoms with Gasteiger partial charge >= 0.3 is 0 Å². The van der Waals surface area contributed by atoms with Crippen molar-refractivity contribution < 1.29 is 4.42 Å². The summed E-state index contributed by atoms with van der Waals surface area (Å²) in [6.45, 7) is 4.72. The summed E-state index contributed by atoms with van der Waals surface area (Å²) in [5.41, 5.74) is 6.03. The third-order valence-electron chi connectivity index (χ3n) is 7.51. The van der Waals surface area contributed by atoms with Crippen LogP contribution in [0.4, 0.5) is 5.88 Å². The molecular formula is C32H28N2O3S. The number of benzene rings is 3. The molecule has 3 heterocycles. The van der Waals surface area contributed by atoms with Crippen LogP contribution in [0.5, 0.6) is 0 Å². The van der Waals surface area contributed by atoms with Crippen LogP contribution in [-0.2, 0) is 6.54 Å². The first-order valence-corrected chi connectivity index (χ1v) is 14.0. The molecule has 0 aliphatic rings. The second-order valence-electron chi connectivity index (χ2n) is 9.90. The fraction of sp³-hybridized carbons (Fsp3) is 0.250. The molecule has 6 rings (SSSR count). The summed E-state index contributed by atoms with van der Waals surface area (Å²) < 4.78 is 8.99. The first-order valence-electron chi connectivity index (χ1n) is 13.1. The van der Waals surface area contributed by atoms with Crippen LogP contribution in [0, 0.1) is 17.8 Å². The largest absolute Gasteiger partial charge is 0.433 e. The van der Waals surface area contributed by atoms with Crippen molar-refractivity contribution in [2.75, 3.05) is 5.73 Å². The number of pyridine rings is 1. The molecule has 0 spiro atoms. The second kappa shape index (κ2) is 9.66. The lowest BCUT2D eigenvalue weighted by Gasteiger charge is -2.18. The molecule has 0 fully saturated rings. The molecule has 0 saturated carbocycles. The number of fused-ring (bicyclic) bond motifs is 2. The Morgan fingerprint density at radius 2 is 1.71 bits per heavy atom. The van der Waals surface area contributed by atoms with Crippen LogP contribution in [0.1, 0.15) is 50.9 Å². The second-order valence-corrected chi connectivity index (χ2v) is 11.0. The van der Waals surface area contributed by atoms with Crippen LogP contribution in [0.3, 0.4) is 0 Å². The summed E-state index contributed by atoms with van der Waals surface area (Å²) in [6, 6.07) is 17.4. The Hall–Kier alpha value is -4.08. The molecule has 1 atom stereocenters. The maximum absolute atomic E-state index is 14.0. The summed E-state index contributed by atoms with van der Waals surface area (Å²) in [7, 11) is 0. The van der Waals surface area contributed by atoms with Gasteiger partial charge in [-0.25, -0.2) is 0 Å². The van der Waals surface area contributed by atoms with E-state index in [4.69, 9.17) is 10.2 Å². The zero-order valence-corrected chi connectivity index (χ0v) is 22.3. The minimum atomic E-state index is -0.240. The molecule has 0 radical (unpaired) electrons. The minimum absolute atomic E-state index is 0.205. The number of hydrogen-bond acceptors (Lipinski definition) is 5. The predicted molar refractivity (Wildman–Crippen MR) is 158 cm³/mol. The van der Waals surface area contributed by atoms with E-state index in [1.54, 1.807) is 23.5 Å². The predicted octanol–water partition coefficient (Wildman–Crippen LogP) is 7.11. The summed E-state index contributed by atoms with van der Waals surface area (Å²) in [5, 5.41) is 4.89. The van der Waals surface area contributed by atoms with E-state index < -0.39 is 0 Å². The first-order chi connectivity index (χ1) is 18.5. The van der Waals surface area contributed by atoms with Crippen molar-refractivity contribution in [2.45, 2.75) is 46.1 Å². The number of hydrogen-bond donors (Lipinski definition) is 1. The van der Waals surface area contributed by atoms with E-state index in [1.807, 2.05) is 30.3 Å². The number of nitrogens with zero attached hydrogens (tertiary/aromatic N) is 1. The van der Waals surface area contributed by atoms with Gasteiger partial charge in [-0.15, -0.1) is 11.3 Å². The molecule has 6 aromatic rings. The summed E-state index contributed by atoms with van der Waals surface area (Å²) in [5.74, 6) is 7.36. The van der Waals surface area contributed by atoms with Gasteiger partial charge in [0.2, 0.25) is 0 Å². The highest BCUT2D eigenvalue weighted by molar-refractivity contribution is 7.25. The average Bonchev–Trinajstić information content (AvgIpc) is 3.36. The average molecular weight is 521 g/mol. The first kappa shape index (κ1) is 24.3. The lowest BCUT2D eigenvalue weighted by Crippen LogP contribution is -2.35. The Morgan fingerprint density at radius 1 is 0.921 bits per heavy atom. The molecule has 0 aliphatic carbocycles. The normalized spacial score (nSPS) is 12.5. The molecule has 3 aromatic carbocycles. The standard InChI is InChI=1S/C32H28N2O3S/c1-3-5-8-19(4-2)18-34-31(35)24-15-14-23-22-9-6-7-10-26(22)38-30-20(11-12-21-13-16-27(33)37-21)17-25(32(34)36)28(24)29(23)30/h6-7,9-10,13-17,19H,3-5,8,18,33H2,1-2H3. The zero-order chi connectivity index (χ0) is 26.4. The van der Waals surface area contributed by atoms with Gasteiger partial charge in [-0.1, -0.05) is 63.3 Å². The molecule has 38 heavy (non-hydrogen) atoms. The maximum Gasteiger partial charge on any atom is 0.261 e. The Morgan fingerprint density at radius 3 is 2.47 bits per heavy atom. The van der Waals surface area contributed by atoms with Gasteiger partial charge in [0.15, 0.2) is 11.6 Å². The van der Waals surface area contributed by atoms with Crippen LogP contribution < -0.4 is 16.9 Å². The number of nitrogen functional groups attached to an aromatic ring is 1. The number of unbranched alkanes of at least 4 members (excludes halogenated alkanes) is 1. The van der Waals surface area contributed by atoms with Gasteiger partial charge in [0.1, 0.15) is 0 Å². The van der Waals surface area contributed by atoms with Gasteiger partial charge in [-0.3, -0.25) is 14.2 Å². The van der Waals surface area contributed by atoms with Gasteiger partial charge in [-0.2, -0.15) is 0 Å². The van der Waals surface area contributed by atoms with E-state index in [2.05, 4.69) is 37.8 Å². The summed E-state index contributed by atoms with van der Waals surface area (Å²) >= 11 is 1.63. The van der Waals surface area contributed by atoms with Crippen LogP contribution in [0.2, 0.25) is 0 Å². The molecule has 2 N–H and O–H groups in total. The molecule has 3 aromatic heterocycles. The van der Waals surface area contributed by atoms with Crippen molar-refractivity contribution in [2.24, 2.45) is 5.92 Å². The van der Waals surface area contributed by atoms with Gasteiger partial charge in [0.05, 0.1) is 4.70 Å². The Balaban J connectivity index is 1.70. The number of anilines is 1. The summed E-state index contributed by atoms with van der Waals surface area (Å²) in [6.07, 6.45) is 4.10. The SMILES string of the molecule is CCCCC(CC)Cn1c(=O)c2ccc3c4ccccc4sc4c(C#Cc5ccc(N)o5)cc(c1=O)c2c43.